The summed E-state index contributed by atoms with van der Waals surface area (Å²) in [6, 6.07) is 8.42. The number of primary amides is 1. The Morgan fingerprint density at radius 2 is 1.92 bits per heavy atom. The first-order chi connectivity index (χ1) is 17.4. The Balaban J connectivity index is 1.73. The summed E-state index contributed by atoms with van der Waals surface area (Å²) in [7, 11) is 0. The predicted octanol–water partition coefficient (Wildman–Crippen LogP) is 0.312. The fourth-order valence-electron chi connectivity index (χ4n) is 4.63. The highest BCUT2D eigenvalue weighted by Crippen LogP contribution is 2.46. The molecular weight excluding hydrogens is 486 g/mol. The van der Waals surface area contributed by atoms with Gasteiger partial charge in [0.15, 0.2) is 6.23 Å². The third kappa shape index (κ3) is 4.46. The molecule has 37 heavy (non-hydrogen) atoms. The number of nitrogens with zero attached hydrogens (tertiary/aromatic N) is 2. The van der Waals surface area contributed by atoms with E-state index in [-0.39, 0.29) is 5.82 Å². The van der Waals surface area contributed by atoms with Gasteiger partial charge in [0.2, 0.25) is 5.60 Å². The zero-order valence-corrected chi connectivity index (χ0v) is 20.4. The van der Waals surface area contributed by atoms with Gasteiger partial charge in [-0.2, -0.15) is 4.98 Å². The van der Waals surface area contributed by atoms with Gasteiger partial charge in [0.25, 0.3) is 5.91 Å². The first-order valence-corrected chi connectivity index (χ1v) is 11.5. The Kier molecular flexibility index (Phi) is 6.81. The summed E-state index contributed by atoms with van der Waals surface area (Å²) in [5.74, 6) is -0.972. The van der Waals surface area contributed by atoms with Crippen molar-refractivity contribution in [2.24, 2.45) is 11.1 Å². The van der Waals surface area contributed by atoms with Gasteiger partial charge in [-0.05, 0) is 12.1 Å². The predicted molar refractivity (Wildman–Crippen MR) is 130 cm³/mol. The molecule has 3 aromatic rings. The van der Waals surface area contributed by atoms with Gasteiger partial charge in [-0.15, -0.1) is 0 Å². The van der Waals surface area contributed by atoms with Crippen molar-refractivity contribution in [3.63, 3.8) is 0 Å². The van der Waals surface area contributed by atoms with Crippen molar-refractivity contribution in [2.45, 2.75) is 50.9 Å². The largest absolute Gasteiger partial charge is 0.427 e. The van der Waals surface area contributed by atoms with E-state index in [2.05, 4.69) is 15.3 Å². The van der Waals surface area contributed by atoms with Crippen LogP contribution in [0.25, 0.3) is 10.9 Å². The van der Waals surface area contributed by atoms with Crippen LogP contribution in [-0.2, 0) is 19.9 Å². The van der Waals surface area contributed by atoms with Gasteiger partial charge >= 0.3 is 11.8 Å². The van der Waals surface area contributed by atoms with Crippen molar-refractivity contribution >= 4 is 28.7 Å². The highest BCUT2D eigenvalue weighted by atomic mass is 16.6. The molecule has 5 unspecified atom stereocenters. The second kappa shape index (κ2) is 9.59. The van der Waals surface area contributed by atoms with E-state index < -0.39 is 59.9 Å². The average Bonchev–Trinajstić information content (AvgIpc) is 3.38. The Labute approximate surface area is 210 Å². The van der Waals surface area contributed by atoms with E-state index in [4.69, 9.17) is 15.2 Å². The Hall–Kier alpha value is -3.78. The topological polar surface area (TPSA) is 202 Å². The normalized spacial score (nSPS) is 23.5. The lowest BCUT2D eigenvalue weighted by molar-refractivity contribution is -0.148. The molecule has 2 aromatic heterocycles. The number of carbonyl (C=O) groups is 2. The number of amides is 2. The van der Waals surface area contributed by atoms with Gasteiger partial charge in [-0.1, -0.05) is 39.0 Å². The molecule has 0 saturated carbocycles. The number of para-hydroxylation sites is 1. The number of aliphatic hydroxyl groups excluding tert-OH is 3. The lowest BCUT2D eigenvalue weighted by Crippen LogP contribution is -2.54. The molecule has 13 nitrogen and oxygen atoms in total. The van der Waals surface area contributed by atoms with Gasteiger partial charge in [0, 0.05) is 34.3 Å². The molecule has 1 aliphatic heterocycles. The van der Waals surface area contributed by atoms with E-state index in [0.29, 0.717) is 16.5 Å². The number of ether oxygens (including phenoxy) is 2. The number of carbonyl (C=O) groups excluding carboxylic acids is 2. The Bertz CT molecular complexity index is 1380. The summed E-state index contributed by atoms with van der Waals surface area (Å²) >= 11 is 0. The number of aliphatic hydroxyl groups is 3. The number of anilines is 1. The van der Waals surface area contributed by atoms with Crippen LogP contribution in [0.1, 0.15) is 32.6 Å². The van der Waals surface area contributed by atoms with E-state index >= 15 is 0 Å². The van der Waals surface area contributed by atoms with E-state index in [0.717, 1.165) is 4.57 Å². The number of aromatic nitrogens is 3. The molecule has 5 atom stereocenters. The fraction of sp³-hybridized carbons (Fsp3) is 0.417. The van der Waals surface area contributed by atoms with Crippen molar-refractivity contribution < 1.29 is 34.4 Å². The van der Waals surface area contributed by atoms with Crippen molar-refractivity contribution in [3.8, 4) is 0 Å². The molecule has 0 spiro atoms. The molecule has 13 heteroatoms. The highest BCUT2D eigenvalue weighted by molar-refractivity contribution is 6.02. The molecular formula is C24H29N5O8. The maximum atomic E-state index is 13.9. The summed E-state index contributed by atoms with van der Waals surface area (Å²) in [5, 5.41) is 32.6. The number of hydrogen-bond donors (Lipinski definition) is 6. The SMILES string of the molecule is CC(C)(C)C(OC(N)=O)(C(=O)Nc1ccn(C2OC(CO)C(O)C2O)c(=O)n1)c1c[nH]c2ccccc12. The molecule has 3 heterocycles. The van der Waals surface area contributed by atoms with Crippen LogP contribution in [-0.4, -0.2) is 66.8 Å². The molecule has 1 aromatic carbocycles. The van der Waals surface area contributed by atoms with Gasteiger partial charge < -0.3 is 40.8 Å². The van der Waals surface area contributed by atoms with Crippen LogP contribution < -0.4 is 16.7 Å². The van der Waals surface area contributed by atoms with E-state index in [1.807, 2.05) is 6.07 Å². The van der Waals surface area contributed by atoms with Crippen molar-refractivity contribution in [3.05, 3.63) is 58.8 Å². The van der Waals surface area contributed by atoms with Crippen LogP contribution in [0, 0.1) is 5.41 Å². The highest BCUT2D eigenvalue weighted by Gasteiger charge is 2.55. The molecule has 0 radical (unpaired) electrons. The minimum atomic E-state index is -1.93. The molecule has 1 saturated heterocycles. The van der Waals surface area contributed by atoms with E-state index in [1.165, 1.54) is 12.3 Å². The summed E-state index contributed by atoms with van der Waals surface area (Å²) in [6.07, 6.45) is -3.68. The lowest BCUT2D eigenvalue weighted by atomic mass is 9.71. The number of nitrogens with one attached hydrogen (secondary N) is 2. The van der Waals surface area contributed by atoms with Gasteiger partial charge in [0.05, 0.1) is 6.61 Å². The zero-order valence-electron chi connectivity index (χ0n) is 20.4. The maximum Gasteiger partial charge on any atom is 0.405 e. The second-order valence-electron chi connectivity index (χ2n) is 9.79. The molecule has 2 amide bonds. The first-order valence-electron chi connectivity index (χ1n) is 11.5. The Morgan fingerprint density at radius 3 is 2.51 bits per heavy atom. The number of benzene rings is 1. The molecule has 1 fully saturated rings. The fourth-order valence-corrected chi connectivity index (χ4v) is 4.63. The van der Waals surface area contributed by atoms with Crippen molar-refractivity contribution in [1.82, 2.24) is 14.5 Å². The number of hydrogen-bond acceptors (Lipinski definition) is 9. The standard InChI is InChI=1S/C24H29N5O8/c1-23(2,3)24(37-21(25)34,13-10-26-14-7-5-4-6-12(13)14)20(33)27-16-8-9-29(22(35)28-16)19-18(32)17(31)15(11-30)36-19/h4-10,15,17-19,26,30-32H,11H2,1-3H3,(H2,25,34)(H,27,28,33,35). The van der Waals surface area contributed by atoms with Gasteiger partial charge in [-0.25, -0.2) is 9.59 Å². The lowest BCUT2D eigenvalue weighted by Gasteiger charge is -2.41. The van der Waals surface area contributed by atoms with Crippen LogP contribution in [0.3, 0.4) is 0 Å². The number of rotatable bonds is 6. The van der Waals surface area contributed by atoms with E-state index in [9.17, 15) is 29.7 Å². The monoisotopic (exact) mass is 515 g/mol. The first kappa shape index (κ1) is 26.3. The third-order valence-electron chi connectivity index (χ3n) is 6.46. The van der Waals surface area contributed by atoms with Crippen LogP contribution in [0.15, 0.2) is 47.5 Å². The van der Waals surface area contributed by atoms with E-state index in [1.54, 1.807) is 45.2 Å². The molecule has 1 aliphatic rings. The van der Waals surface area contributed by atoms with Crippen LogP contribution in [0.2, 0.25) is 0 Å². The van der Waals surface area contributed by atoms with Crippen LogP contribution in [0.4, 0.5) is 10.6 Å². The van der Waals surface area contributed by atoms with Crippen molar-refractivity contribution in [2.75, 3.05) is 11.9 Å². The average molecular weight is 516 g/mol. The molecule has 7 N–H and O–H groups in total. The zero-order chi connectivity index (χ0) is 27.1. The van der Waals surface area contributed by atoms with Crippen LogP contribution >= 0.6 is 0 Å². The number of H-pyrrole nitrogens is 1. The minimum absolute atomic E-state index is 0.167. The summed E-state index contributed by atoms with van der Waals surface area (Å²) in [5.41, 5.74) is 2.61. The van der Waals surface area contributed by atoms with Gasteiger partial charge in [0.1, 0.15) is 24.1 Å². The molecule has 0 bridgehead atoms. The van der Waals surface area contributed by atoms with Gasteiger partial charge in [-0.3, -0.25) is 9.36 Å². The maximum absolute atomic E-state index is 13.9. The quantitative estimate of drug-likeness (QED) is 0.267. The number of aromatic amines is 1. The number of nitrogens with two attached hydrogens (primary N) is 1. The molecule has 198 valence electrons. The van der Waals surface area contributed by atoms with Crippen LogP contribution in [0.5, 0.6) is 0 Å². The summed E-state index contributed by atoms with van der Waals surface area (Å²) in [4.78, 5) is 45.6. The van der Waals surface area contributed by atoms with Crippen molar-refractivity contribution in [1.29, 1.82) is 0 Å². The molecule has 4 rings (SSSR count). The number of fused-ring (bicyclic) bond motifs is 1. The minimum Gasteiger partial charge on any atom is -0.427 e. The third-order valence-corrected chi connectivity index (χ3v) is 6.46. The molecule has 0 aliphatic carbocycles. The summed E-state index contributed by atoms with van der Waals surface area (Å²) < 4.78 is 11.9. The smallest absolute Gasteiger partial charge is 0.405 e. The summed E-state index contributed by atoms with van der Waals surface area (Å²) in [6.45, 7) is 4.53. The second-order valence-corrected chi connectivity index (χ2v) is 9.79. The Morgan fingerprint density at radius 1 is 1.22 bits per heavy atom.